The number of hydrogen-bond donors (Lipinski definition) is 2. The zero-order chi connectivity index (χ0) is 23.3. The van der Waals surface area contributed by atoms with Gasteiger partial charge in [0.15, 0.2) is 15.7 Å². The van der Waals surface area contributed by atoms with Gasteiger partial charge in [-0.25, -0.2) is 15.0 Å². The van der Waals surface area contributed by atoms with Gasteiger partial charge in [-0.2, -0.15) is 5.10 Å². The molecule has 1 aromatic carbocycles. The first-order chi connectivity index (χ1) is 15.0. The van der Waals surface area contributed by atoms with Crippen LogP contribution < -0.4 is 5.32 Å². The van der Waals surface area contributed by atoms with Gasteiger partial charge in [0.1, 0.15) is 6.04 Å². The number of fused-ring (bicyclic) bond motifs is 1. The Bertz CT molecular complexity index is 1300. The number of nitrogens with one attached hydrogen (secondary N) is 1. The third kappa shape index (κ3) is 3.74. The van der Waals surface area contributed by atoms with Crippen LogP contribution in [-0.4, -0.2) is 45.2 Å². The third-order valence-electron chi connectivity index (χ3n) is 5.99. The van der Waals surface area contributed by atoms with Gasteiger partial charge < -0.3 is 15.3 Å². The van der Waals surface area contributed by atoms with E-state index in [1.807, 2.05) is 17.7 Å². The maximum absolute atomic E-state index is 12.7. The molecule has 0 aliphatic heterocycles. The van der Waals surface area contributed by atoms with Crippen LogP contribution in [0, 0.1) is 13.5 Å². The number of nitrogens with zero attached hydrogens (tertiary/aromatic N) is 4. The molecular formula is C23H27N5O3S. The van der Waals surface area contributed by atoms with E-state index in [-0.39, 0.29) is 17.0 Å². The van der Waals surface area contributed by atoms with Crippen LogP contribution in [0.15, 0.2) is 41.4 Å². The Kier molecular flexibility index (Phi) is 5.47. The molecule has 8 nitrogen and oxygen atoms in total. The second kappa shape index (κ2) is 7.87. The van der Waals surface area contributed by atoms with E-state index in [0.29, 0.717) is 24.3 Å². The van der Waals surface area contributed by atoms with Crippen LogP contribution in [0.4, 0.5) is 11.5 Å². The molecule has 1 aliphatic rings. The maximum atomic E-state index is 12.7. The van der Waals surface area contributed by atoms with E-state index in [4.69, 9.17) is 11.7 Å². The summed E-state index contributed by atoms with van der Waals surface area (Å²) in [5.74, 6) is 0.585. The zero-order valence-corrected chi connectivity index (χ0v) is 19.4. The molecule has 1 unspecified atom stereocenters. The van der Waals surface area contributed by atoms with Gasteiger partial charge in [-0.05, 0) is 58.0 Å². The highest BCUT2D eigenvalue weighted by Crippen LogP contribution is 2.38. The second-order valence-corrected chi connectivity index (χ2v) is 11.9. The van der Waals surface area contributed by atoms with E-state index < -0.39 is 20.7 Å². The number of aliphatic hydroxyl groups is 1. The zero-order valence-electron chi connectivity index (χ0n) is 18.6. The van der Waals surface area contributed by atoms with Crippen LogP contribution in [0.2, 0.25) is 0 Å². The van der Waals surface area contributed by atoms with Gasteiger partial charge in [-0.3, -0.25) is 9.67 Å². The van der Waals surface area contributed by atoms with Crippen LogP contribution in [0.5, 0.6) is 0 Å². The second-order valence-electron chi connectivity index (χ2n) is 9.24. The minimum Gasteiger partial charge on any atom is -0.393 e. The first-order valence-corrected chi connectivity index (χ1v) is 12.0. The van der Waals surface area contributed by atoms with E-state index in [1.54, 1.807) is 51.2 Å². The highest BCUT2D eigenvalue weighted by molar-refractivity contribution is 7.92. The lowest BCUT2D eigenvalue weighted by Gasteiger charge is -2.19. The fraction of sp³-hybridized carbons (Fsp3) is 0.435. The Morgan fingerprint density at radius 2 is 1.88 bits per heavy atom. The summed E-state index contributed by atoms with van der Waals surface area (Å²) in [4.78, 5) is 8.37. The molecule has 1 saturated carbocycles. The lowest BCUT2D eigenvalue weighted by molar-refractivity contribution is 0.177. The molecule has 0 spiro atoms. The Balaban J connectivity index is 1.73. The van der Waals surface area contributed by atoms with Crippen molar-refractivity contribution in [3.8, 4) is 0 Å². The normalized spacial score (nSPS) is 21.6. The molecule has 0 amide bonds. The predicted octanol–water partition coefficient (Wildman–Crippen LogP) is 4.04. The molecule has 32 heavy (non-hydrogen) atoms. The summed E-state index contributed by atoms with van der Waals surface area (Å²) in [6.45, 7) is 14.5. The summed E-state index contributed by atoms with van der Waals surface area (Å²) in [6.07, 6.45) is 2.11. The fourth-order valence-electron chi connectivity index (χ4n) is 4.17. The van der Waals surface area contributed by atoms with Gasteiger partial charge in [0.2, 0.25) is 6.04 Å². The van der Waals surface area contributed by atoms with Crippen LogP contribution in [0.3, 0.4) is 0 Å². The molecule has 0 bridgehead atoms. The smallest absolute Gasteiger partial charge is 0.248 e. The summed E-state index contributed by atoms with van der Waals surface area (Å²) >= 11 is 0. The molecule has 0 radical (unpaired) electrons. The molecule has 1 aliphatic carbocycles. The van der Waals surface area contributed by atoms with E-state index in [2.05, 4.69) is 15.1 Å². The molecular weight excluding hydrogens is 426 g/mol. The van der Waals surface area contributed by atoms with Crippen molar-refractivity contribution in [2.24, 2.45) is 0 Å². The molecule has 2 aromatic heterocycles. The van der Waals surface area contributed by atoms with Crippen LogP contribution in [-0.2, 0) is 9.84 Å². The average molecular weight is 454 g/mol. The molecule has 2 N–H and O–H groups in total. The molecule has 3 aromatic rings. The van der Waals surface area contributed by atoms with Gasteiger partial charge in [-0.1, -0.05) is 0 Å². The lowest BCUT2D eigenvalue weighted by atomic mass is 10.1. The molecule has 9 heteroatoms. The number of aromatic nitrogens is 3. The van der Waals surface area contributed by atoms with Crippen LogP contribution in [0.1, 0.15) is 45.3 Å². The minimum absolute atomic E-state index is 0.221. The molecule has 168 valence electrons. The molecule has 1 fully saturated rings. The van der Waals surface area contributed by atoms with Crippen molar-refractivity contribution in [2.45, 2.75) is 68.4 Å². The van der Waals surface area contributed by atoms with Crippen molar-refractivity contribution in [2.75, 3.05) is 5.32 Å². The van der Waals surface area contributed by atoms with Crippen molar-refractivity contribution in [1.29, 1.82) is 0 Å². The predicted molar refractivity (Wildman–Crippen MR) is 124 cm³/mol. The summed E-state index contributed by atoms with van der Waals surface area (Å²) < 4.78 is 26.3. The first-order valence-electron chi connectivity index (χ1n) is 10.5. The van der Waals surface area contributed by atoms with Gasteiger partial charge in [0.05, 0.1) is 38.8 Å². The third-order valence-corrected chi connectivity index (χ3v) is 8.50. The minimum atomic E-state index is -3.44. The number of rotatable bonds is 4. The highest BCUT2D eigenvalue weighted by atomic mass is 32.2. The number of hydrogen-bond acceptors (Lipinski definition) is 6. The van der Waals surface area contributed by atoms with E-state index in [1.165, 1.54) is 0 Å². The number of anilines is 2. The average Bonchev–Trinajstić information content (AvgIpc) is 3.28. The molecule has 3 atom stereocenters. The summed E-state index contributed by atoms with van der Waals surface area (Å²) in [5, 5.41) is 19.0. The quantitative estimate of drug-likeness (QED) is 0.578. The van der Waals surface area contributed by atoms with Crippen molar-refractivity contribution < 1.29 is 13.5 Å². The number of pyridine rings is 1. The highest BCUT2D eigenvalue weighted by Gasteiger charge is 2.41. The van der Waals surface area contributed by atoms with Crippen molar-refractivity contribution in [3.63, 3.8) is 0 Å². The van der Waals surface area contributed by atoms with Gasteiger partial charge in [0.25, 0.3) is 0 Å². The van der Waals surface area contributed by atoms with Gasteiger partial charge >= 0.3 is 0 Å². The van der Waals surface area contributed by atoms with Crippen LogP contribution in [0.25, 0.3) is 15.7 Å². The Hall–Kier alpha value is -2.96. The first kappa shape index (κ1) is 22.2. The van der Waals surface area contributed by atoms with Crippen LogP contribution >= 0.6 is 0 Å². The lowest BCUT2D eigenvalue weighted by Crippen LogP contribution is -2.27. The van der Waals surface area contributed by atoms with E-state index in [9.17, 15) is 13.5 Å². The number of aryl methyl sites for hydroxylation is 1. The van der Waals surface area contributed by atoms with E-state index in [0.717, 1.165) is 16.6 Å². The monoisotopic (exact) mass is 453 g/mol. The SMILES string of the molecule is [C-]#[N+][C@@H]1CC(O)C[C@@H]1n1nc(Nc2ccc(S(=O)(=O)C(C)(C)C)cc2)c2c(C)nccc21. The standard InChI is InChI=1S/C23H27N5O3S/c1-14-21-19(10-11-25-14)28(20-13-16(29)12-18(20)24-5)27-22(21)26-15-6-8-17(9-7-15)32(30,31)23(2,3)4/h6-11,16,18,20,29H,12-13H2,1-4H3,(H,26,27)/t16?,18-,20+/m1/s1. The number of benzene rings is 1. The number of sulfone groups is 1. The Labute approximate surface area is 188 Å². The molecule has 0 saturated heterocycles. The maximum Gasteiger partial charge on any atom is 0.248 e. The van der Waals surface area contributed by atoms with Gasteiger partial charge in [0, 0.05) is 18.3 Å². The molecule has 4 rings (SSSR count). The summed E-state index contributed by atoms with van der Waals surface area (Å²) in [7, 11) is -3.44. The Morgan fingerprint density at radius 3 is 2.50 bits per heavy atom. The Morgan fingerprint density at radius 1 is 1.19 bits per heavy atom. The van der Waals surface area contributed by atoms with Crippen molar-refractivity contribution in [1.82, 2.24) is 14.8 Å². The van der Waals surface area contributed by atoms with Crippen molar-refractivity contribution in [3.05, 3.63) is 53.6 Å². The molecule has 2 heterocycles. The van der Waals surface area contributed by atoms with Crippen molar-refractivity contribution >= 4 is 32.2 Å². The number of aliphatic hydroxyl groups excluding tert-OH is 1. The van der Waals surface area contributed by atoms with Gasteiger partial charge in [-0.15, -0.1) is 0 Å². The fourth-order valence-corrected chi connectivity index (χ4v) is 5.37. The largest absolute Gasteiger partial charge is 0.393 e. The topological polar surface area (TPSA) is 101 Å². The van der Waals surface area contributed by atoms with E-state index >= 15 is 0 Å². The summed E-state index contributed by atoms with van der Waals surface area (Å²) in [6, 6.07) is 7.93. The summed E-state index contributed by atoms with van der Waals surface area (Å²) in [5.41, 5.74) is 2.33.